The van der Waals surface area contributed by atoms with Crippen molar-refractivity contribution in [2.45, 2.75) is 0 Å². The lowest BCUT2D eigenvalue weighted by molar-refractivity contribution is 0.0284. The van der Waals surface area contributed by atoms with Crippen LogP contribution in [0.5, 0.6) is 0 Å². The molecule has 0 aliphatic heterocycles. The lowest BCUT2D eigenvalue weighted by Gasteiger charge is -2.04. The average Bonchev–Trinajstić information content (AvgIpc) is 2.08. The van der Waals surface area contributed by atoms with E-state index in [9.17, 15) is 8.42 Å². The Balaban J connectivity index is 3.07. The molecule has 0 aromatic carbocycles. The van der Waals surface area contributed by atoms with E-state index in [1.807, 2.05) is 0 Å². The van der Waals surface area contributed by atoms with E-state index in [0.29, 0.717) is 26.4 Å². The Morgan fingerprint density at radius 1 is 0.929 bits per heavy atom. The molecule has 0 bridgehead atoms. The molecule has 0 radical (unpaired) electrons. The molecule has 0 rings (SSSR count). The lowest BCUT2D eigenvalue weighted by atomic mass is 10.7. The highest BCUT2D eigenvalue weighted by molar-refractivity contribution is 7.90. The number of rotatable bonds is 9. The summed E-state index contributed by atoms with van der Waals surface area (Å²) in [5, 5.41) is 0. The molecule has 0 unspecified atom stereocenters. The Labute approximate surface area is 85.3 Å². The molecule has 0 N–H and O–H groups in total. The summed E-state index contributed by atoms with van der Waals surface area (Å²) in [5.41, 5.74) is 0. The highest BCUT2D eigenvalue weighted by Crippen LogP contribution is 1.85. The van der Waals surface area contributed by atoms with E-state index in [-0.39, 0.29) is 12.4 Å². The van der Waals surface area contributed by atoms with Crippen molar-refractivity contribution in [2.75, 3.05) is 52.2 Å². The molecule has 0 saturated heterocycles. The molecule has 0 aliphatic rings. The molecule has 0 aromatic rings. The Morgan fingerprint density at radius 2 is 1.43 bits per heavy atom. The molecule has 6 heteroatoms. The van der Waals surface area contributed by atoms with Crippen LogP contribution in [0.4, 0.5) is 0 Å². The van der Waals surface area contributed by atoms with Gasteiger partial charge in [0.15, 0.2) is 0 Å². The van der Waals surface area contributed by atoms with Crippen LogP contribution in [0, 0.1) is 0 Å². The molecular weight excluding hydrogens is 208 g/mol. The second kappa shape index (κ2) is 8.16. The first-order valence-corrected chi connectivity index (χ1v) is 6.44. The highest BCUT2D eigenvalue weighted by atomic mass is 32.2. The minimum absolute atomic E-state index is 0.0606. The minimum Gasteiger partial charge on any atom is -0.382 e. The van der Waals surface area contributed by atoms with Crippen LogP contribution >= 0.6 is 0 Å². The van der Waals surface area contributed by atoms with E-state index in [0.717, 1.165) is 0 Å². The predicted molar refractivity (Wildman–Crippen MR) is 53.2 cm³/mol. The van der Waals surface area contributed by atoms with E-state index in [2.05, 4.69) is 0 Å². The maximum atomic E-state index is 10.7. The number of sulfone groups is 1. The third-order valence-corrected chi connectivity index (χ3v) is 2.31. The normalized spacial score (nSPS) is 11.9. The molecular formula is C8H18O5S. The molecule has 0 amide bonds. The highest BCUT2D eigenvalue weighted by Gasteiger charge is 2.00. The van der Waals surface area contributed by atoms with E-state index in [1.54, 1.807) is 7.11 Å². The van der Waals surface area contributed by atoms with Gasteiger partial charge in [0.1, 0.15) is 9.84 Å². The molecule has 14 heavy (non-hydrogen) atoms. The SMILES string of the molecule is COCCOCCOCCS(C)(=O)=O. The van der Waals surface area contributed by atoms with Crippen LogP contribution in [0.3, 0.4) is 0 Å². The molecule has 0 heterocycles. The van der Waals surface area contributed by atoms with E-state index < -0.39 is 9.84 Å². The van der Waals surface area contributed by atoms with E-state index in [4.69, 9.17) is 14.2 Å². The van der Waals surface area contributed by atoms with Crippen molar-refractivity contribution in [1.29, 1.82) is 0 Å². The van der Waals surface area contributed by atoms with Crippen molar-refractivity contribution in [3.63, 3.8) is 0 Å². The molecule has 0 aromatic heterocycles. The van der Waals surface area contributed by atoms with Crippen molar-refractivity contribution in [3.05, 3.63) is 0 Å². The van der Waals surface area contributed by atoms with Gasteiger partial charge in [0, 0.05) is 13.4 Å². The molecule has 0 saturated carbocycles. The van der Waals surface area contributed by atoms with Crippen molar-refractivity contribution in [1.82, 2.24) is 0 Å². The third kappa shape index (κ3) is 11.8. The predicted octanol–water partition coefficient (Wildman–Crippen LogP) is -0.289. The molecule has 0 atom stereocenters. The smallest absolute Gasteiger partial charge is 0.149 e. The van der Waals surface area contributed by atoms with Crippen molar-refractivity contribution >= 4 is 9.84 Å². The van der Waals surface area contributed by atoms with Gasteiger partial charge in [-0.25, -0.2) is 8.42 Å². The number of hydrogen-bond donors (Lipinski definition) is 0. The lowest BCUT2D eigenvalue weighted by Crippen LogP contribution is -2.13. The summed E-state index contributed by atoms with van der Waals surface area (Å²) in [6, 6.07) is 0. The van der Waals surface area contributed by atoms with Gasteiger partial charge in [-0.1, -0.05) is 0 Å². The fourth-order valence-corrected chi connectivity index (χ4v) is 1.10. The zero-order valence-electron chi connectivity index (χ0n) is 8.69. The van der Waals surface area contributed by atoms with Gasteiger partial charge in [0.05, 0.1) is 38.8 Å². The van der Waals surface area contributed by atoms with Crippen LogP contribution in [0.2, 0.25) is 0 Å². The fourth-order valence-electron chi connectivity index (χ4n) is 0.675. The maximum absolute atomic E-state index is 10.7. The van der Waals surface area contributed by atoms with Crippen LogP contribution in [0.1, 0.15) is 0 Å². The Morgan fingerprint density at radius 3 is 1.93 bits per heavy atom. The van der Waals surface area contributed by atoms with Gasteiger partial charge in [-0.2, -0.15) is 0 Å². The molecule has 86 valence electrons. The second-order valence-corrected chi connectivity index (χ2v) is 5.11. The molecule has 0 fully saturated rings. The van der Waals surface area contributed by atoms with Gasteiger partial charge in [-0.3, -0.25) is 0 Å². The average molecular weight is 226 g/mol. The Bertz CT molecular complexity index is 212. The summed E-state index contributed by atoms with van der Waals surface area (Å²) in [6.45, 7) is 2.20. The van der Waals surface area contributed by atoms with Gasteiger partial charge >= 0.3 is 0 Å². The van der Waals surface area contributed by atoms with Gasteiger partial charge in [0.2, 0.25) is 0 Å². The maximum Gasteiger partial charge on any atom is 0.149 e. The number of hydrogen-bond acceptors (Lipinski definition) is 5. The van der Waals surface area contributed by atoms with Gasteiger partial charge < -0.3 is 14.2 Å². The van der Waals surface area contributed by atoms with Gasteiger partial charge in [-0.05, 0) is 0 Å². The fraction of sp³-hybridized carbons (Fsp3) is 1.00. The molecule has 0 spiro atoms. The Hall–Kier alpha value is -0.170. The van der Waals surface area contributed by atoms with Crippen molar-refractivity contribution in [2.24, 2.45) is 0 Å². The van der Waals surface area contributed by atoms with Gasteiger partial charge in [0.25, 0.3) is 0 Å². The first-order valence-electron chi connectivity index (χ1n) is 4.38. The van der Waals surface area contributed by atoms with Crippen LogP contribution < -0.4 is 0 Å². The zero-order chi connectivity index (χ0) is 10.9. The van der Waals surface area contributed by atoms with Crippen LogP contribution in [0.15, 0.2) is 0 Å². The summed E-state index contributed by atoms with van der Waals surface area (Å²) >= 11 is 0. The standard InChI is InChI=1S/C8H18O5S/c1-11-3-4-12-5-6-13-7-8-14(2,9)10/h3-8H2,1-2H3. The topological polar surface area (TPSA) is 61.8 Å². The third-order valence-electron chi connectivity index (χ3n) is 1.40. The first-order chi connectivity index (χ1) is 6.56. The largest absolute Gasteiger partial charge is 0.382 e. The van der Waals surface area contributed by atoms with E-state index in [1.165, 1.54) is 6.26 Å². The summed E-state index contributed by atoms with van der Waals surface area (Å²) in [4.78, 5) is 0. The minimum atomic E-state index is -2.91. The van der Waals surface area contributed by atoms with E-state index >= 15 is 0 Å². The monoisotopic (exact) mass is 226 g/mol. The zero-order valence-corrected chi connectivity index (χ0v) is 9.51. The van der Waals surface area contributed by atoms with Crippen LogP contribution in [-0.2, 0) is 24.0 Å². The summed E-state index contributed by atoms with van der Waals surface area (Å²) < 4.78 is 36.3. The summed E-state index contributed by atoms with van der Waals surface area (Å²) in [5.74, 6) is 0.0606. The summed E-state index contributed by atoms with van der Waals surface area (Å²) in [7, 11) is -1.31. The first kappa shape index (κ1) is 13.8. The van der Waals surface area contributed by atoms with Crippen molar-refractivity contribution in [3.8, 4) is 0 Å². The van der Waals surface area contributed by atoms with Crippen molar-refractivity contribution < 1.29 is 22.6 Å². The number of ether oxygens (including phenoxy) is 3. The molecule has 5 nitrogen and oxygen atoms in total. The number of methoxy groups -OCH3 is 1. The second-order valence-electron chi connectivity index (χ2n) is 2.85. The van der Waals surface area contributed by atoms with Gasteiger partial charge in [-0.15, -0.1) is 0 Å². The van der Waals surface area contributed by atoms with Crippen LogP contribution in [0.25, 0.3) is 0 Å². The summed E-state index contributed by atoms with van der Waals surface area (Å²) in [6.07, 6.45) is 1.19. The van der Waals surface area contributed by atoms with Crippen LogP contribution in [-0.4, -0.2) is 60.6 Å². The Kier molecular flexibility index (Phi) is 8.07. The quantitative estimate of drug-likeness (QED) is 0.506. The molecule has 0 aliphatic carbocycles.